The van der Waals surface area contributed by atoms with Gasteiger partial charge in [0.15, 0.2) is 0 Å². The zero-order valence-electron chi connectivity index (χ0n) is 16.5. The Morgan fingerprint density at radius 2 is 1.73 bits per heavy atom. The second kappa shape index (κ2) is 8.49. The highest BCUT2D eigenvalue weighted by Crippen LogP contribution is 2.27. The monoisotopic (exact) mass is 435 g/mol. The van der Waals surface area contributed by atoms with Gasteiger partial charge in [0.05, 0.1) is 9.82 Å². The van der Waals surface area contributed by atoms with E-state index in [1.807, 2.05) is 13.8 Å². The molecule has 0 bridgehead atoms. The number of piperidine rings is 1. The number of hydrogen-bond acceptors (Lipinski definition) is 5. The molecule has 1 N–H and O–H groups in total. The lowest BCUT2D eigenvalue weighted by Gasteiger charge is -2.34. The van der Waals surface area contributed by atoms with Gasteiger partial charge in [0.2, 0.25) is 15.8 Å². The van der Waals surface area contributed by atoms with E-state index in [0.29, 0.717) is 13.1 Å². The van der Waals surface area contributed by atoms with E-state index in [9.17, 15) is 27.7 Å². The van der Waals surface area contributed by atoms with Crippen LogP contribution in [0.25, 0.3) is 0 Å². The third kappa shape index (κ3) is 4.65. The Balaban J connectivity index is 1.76. The Hall–Kier alpha value is -2.85. The molecule has 1 amide bonds. The first-order valence-electron chi connectivity index (χ1n) is 9.43. The molecule has 0 saturated carbocycles. The SMILES string of the molecule is C[C@@H]1C[C@@H](C)CN(S(=O)(=O)c2ccc(C(=O)Nc3ccc(F)c([N+](=O)[O-])c3)cc2)C1. The van der Waals surface area contributed by atoms with Crippen LogP contribution >= 0.6 is 0 Å². The highest BCUT2D eigenvalue weighted by Gasteiger charge is 2.31. The van der Waals surface area contributed by atoms with Crippen LogP contribution in [0.15, 0.2) is 47.4 Å². The molecule has 1 fully saturated rings. The van der Waals surface area contributed by atoms with Gasteiger partial charge in [0.25, 0.3) is 5.91 Å². The van der Waals surface area contributed by atoms with Crippen LogP contribution in [-0.4, -0.2) is 36.6 Å². The lowest BCUT2D eigenvalue weighted by molar-refractivity contribution is -0.387. The summed E-state index contributed by atoms with van der Waals surface area (Å²) < 4.78 is 40.7. The number of nitrogens with one attached hydrogen (secondary N) is 1. The molecular weight excluding hydrogens is 413 g/mol. The summed E-state index contributed by atoms with van der Waals surface area (Å²) in [5.74, 6) is -1.06. The van der Waals surface area contributed by atoms with E-state index in [1.165, 1.54) is 34.6 Å². The van der Waals surface area contributed by atoms with Crippen LogP contribution in [0.5, 0.6) is 0 Å². The number of benzene rings is 2. The van der Waals surface area contributed by atoms with Crippen molar-refractivity contribution in [1.29, 1.82) is 0 Å². The molecule has 0 spiro atoms. The number of carbonyl (C=O) groups excluding carboxylic acids is 1. The molecule has 0 radical (unpaired) electrons. The lowest BCUT2D eigenvalue weighted by atomic mass is 9.94. The summed E-state index contributed by atoms with van der Waals surface area (Å²) in [4.78, 5) is 22.4. The van der Waals surface area contributed by atoms with Crippen LogP contribution in [0.1, 0.15) is 30.6 Å². The molecule has 1 saturated heterocycles. The van der Waals surface area contributed by atoms with Crippen LogP contribution in [0.2, 0.25) is 0 Å². The summed E-state index contributed by atoms with van der Waals surface area (Å²) in [7, 11) is -3.66. The third-order valence-electron chi connectivity index (χ3n) is 4.99. The van der Waals surface area contributed by atoms with E-state index in [4.69, 9.17) is 0 Å². The van der Waals surface area contributed by atoms with Gasteiger partial charge in [-0.25, -0.2) is 8.42 Å². The fourth-order valence-corrected chi connectivity index (χ4v) is 5.34. The quantitative estimate of drug-likeness (QED) is 0.569. The van der Waals surface area contributed by atoms with Gasteiger partial charge in [0.1, 0.15) is 0 Å². The number of anilines is 1. The molecule has 3 rings (SSSR count). The maximum Gasteiger partial charge on any atom is 0.306 e. The highest BCUT2D eigenvalue weighted by molar-refractivity contribution is 7.89. The topological polar surface area (TPSA) is 110 Å². The van der Waals surface area contributed by atoms with Crippen LogP contribution in [0.3, 0.4) is 0 Å². The molecule has 1 aliphatic heterocycles. The van der Waals surface area contributed by atoms with E-state index >= 15 is 0 Å². The van der Waals surface area contributed by atoms with Crippen molar-refractivity contribution in [3.05, 3.63) is 64.0 Å². The molecule has 10 heteroatoms. The smallest absolute Gasteiger partial charge is 0.306 e. The fourth-order valence-electron chi connectivity index (χ4n) is 3.66. The number of nitrogens with zero attached hydrogens (tertiary/aromatic N) is 2. The standard InChI is InChI=1S/C20H22FN3O5S/c1-13-9-14(2)12-23(11-13)30(28,29)17-6-3-15(4-7-17)20(25)22-16-5-8-18(21)19(10-16)24(26)27/h3-8,10,13-14H,9,11-12H2,1-2H3,(H,22,25)/t13-,14-/m1/s1. The first-order valence-corrected chi connectivity index (χ1v) is 10.9. The van der Waals surface area contributed by atoms with Crippen LogP contribution in [-0.2, 0) is 10.0 Å². The normalized spacial score (nSPS) is 20.0. The average molecular weight is 435 g/mol. The number of sulfonamides is 1. The zero-order chi connectivity index (χ0) is 22.1. The molecule has 0 aromatic heterocycles. The second-order valence-corrected chi connectivity index (χ2v) is 9.61. The fraction of sp³-hybridized carbons (Fsp3) is 0.350. The molecule has 160 valence electrons. The van der Waals surface area contributed by atoms with Crippen molar-refractivity contribution in [2.24, 2.45) is 11.8 Å². The minimum Gasteiger partial charge on any atom is -0.322 e. The van der Waals surface area contributed by atoms with Crippen molar-refractivity contribution in [3.8, 4) is 0 Å². The Kier molecular flexibility index (Phi) is 6.18. The van der Waals surface area contributed by atoms with E-state index < -0.39 is 32.4 Å². The molecule has 1 aliphatic rings. The first-order chi connectivity index (χ1) is 14.1. The minimum absolute atomic E-state index is 0.0566. The van der Waals surface area contributed by atoms with E-state index in [2.05, 4.69) is 5.32 Å². The Labute approximate surface area is 173 Å². The number of rotatable bonds is 5. The number of nitro groups is 1. The lowest BCUT2D eigenvalue weighted by Crippen LogP contribution is -2.42. The zero-order valence-corrected chi connectivity index (χ0v) is 17.4. The molecule has 2 aromatic rings. The molecule has 2 aromatic carbocycles. The van der Waals surface area contributed by atoms with E-state index in [1.54, 1.807) is 0 Å². The number of hydrogen-bond donors (Lipinski definition) is 1. The predicted octanol–water partition coefficient (Wildman–Crippen LogP) is 3.65. The van der Waals surface area contributed by atoms with Crippen molar-refractivity contribution in [2.45, 2.75) is 25.2 Å². The van der Waals surface area contributed by atoms with E-state index in [-0.39, 0.29) is 28.0 Å². The molecule has 2 atom stereocenters. The highest BCUT2D eigenvalue weighted by atomic mass is 32.2. The van der Waals surface area contributed by atoms with Gasteiger partial charge in [-0.3, -0.25) is 14.9 Å². The Morgan fingerprint density at radius 3 is 2.30 bits per heavy atom. The van der Waals surface area contributed by atoms with Crippen molar-refractivity contribution < 1.29 is 22.5 Å². The predicted molar refractivity (Wildman–Crippen MR) is 109 cm³/mol. The van der Waals surface area contributed by atoms with Gasteiger partial charge < -0.3 is 5.32 Å². The maximum atomic E-state index is 13.4. The molecule has 30 heavy (non-hydrogen) atoms. The van der Waals surface area contributed by atoms with Gasteiger partial charge in [-0.15, -0.1) is 0 Å². The molecule has 0 unspecified atom stereocenters. The van der Waals surface area contributed by atoms with Crippen molar-refractivity contribution in [3.63, 3.8) is 0 Å². The Morgan fingerprint density at radius 1 is 1.13 bits per heavy atom. The van der Waals surface area contributed by atoms with Crippen molar-refractivity contribution in [2.75, 3.05) is 18.4 Å². The van der Waals surface area contributed by atoms with Gasteiger partial charge in [0, 0.05) is 30.4 Å². The van der Waals surface area contributed by atoms with Crippen LogP contribution in [0.4, 0.5) is 15.8 Å². The Bertz CT molecular complexity index is 1060. The minimum atomic E-state index is -3.66. The molecule has 1 heterocycles. The van der Waals surface area contributed by atoms with Crippen LogP contribution in [0, 0.1) is 27.8 Å². The van der Waals surface area contributed by atoms with Crippen LogP contribution < -0.4 is 5.32 Å². The summed E-state index contributed by atoms with van der Waals surface area (Å²) in [6.45, 7) is 4.95. The summed E-state index contributed by atoms with van der Waals surface area (Å²) >= 11 is 0. The summed E-state index contributed by atoms with van der Waals surface area (Å²) in [6, 6.07) is 8.49. The van der Waals surface area contributed by atoms with Crippen molar-refractivity contribution in [1.82, 2.24) is 4.31 Å². The first kappa shape index (κ1) is 21.8. The largest absolute Gasteiger partial charge is 0.322 e. The average Bonchev–Trinajstić information content (AvgIpc) is 2.68. The summed E-state index contributed by atoms with van der Waals surface area (Å²) in [5, 5.41) is 13.3. The van der Waals surface area contributed by atoms with Gasteiger partial charge in [-0.05, 0) is 54.7 Å². The number of carbonyl (C=O) groups is 1. The number of nitro benzene ring substituents is 1. The summed E-state index contributed by atoms with van der Waals surface area (Å²) in [6.07, 6.45) is 0.979. The number of halogens is 1. The molecule has 0 aliphatic carbocycles. The molecule has 8 nitrogen and oxygen atoms in total. The van der Waals surface area contributed by atoms with Gasteiger partial charge in [-0.2, -0.15) is 8.70 Å². The van der Waals surface area contributed by atoms with Gasteiger partial charge >= 0.3 is 5.69 Å². The van der Waals surface area contributed by atoms with Crippen molar-refractivity contribution >= 4 is 27.3 Å². The molecular formula is C20H22FN3O5S. The maximum absolute atomic E-state index is 13.4. The number of amides is 1. The summed E-state index contributed by atoms with van der Waals surface area (Å²) in [5.41, 5.74) is -0.526. The van der Waals surface area contributed by atoms with Gasteiger partial charge in [-0.1, -0.05) is 13.8 Å². The second-order valence-electron chi connectivity index (χ2n) is 7.67. The third-order valence-corrected chi connectivity index (χ3v) is 6.84. The van der Waals surface area contributed by atoms with E-state index in [0.717, 1.165) is 18.6 Å².